The zero-order valence-corrected chi connectivity index (χ0v) is 17.6. The fraction of sp³-hybridized carbons (Fsp3) is 0.500. The van der Waals surface area contributed by atoms with E-state index in [4.69, 9.17) is 4.98 Å². The zero-order valence-electron chi connectivity index (χ0n) is 17.6. The standard InChI is InChI=1S/C22H29N5O2/c1-15-10-16(2)12-26(11-15)14-18-23-20-19(21(28)25(4)22(29)24(20)3)27(18)13-17-8-6-5-7-9-17/h5-9,15-16H,10-14H2,1-4H3/t15-,16+. The van der Waals surface area contributed by atoms with Gasteiger partial charge in [-0.3, -0.25) is 18.8 Å². The second-order valence-electron chi connectivity index (χ2n) is 8.62. The molecule has 1 aliphatic rings. The largest absolute Gasteiger partial charge is 0.332 e. The molecule has 0 amide bonds. The number of fused-ring (bicyclic) bond motifs is 1. The molecule has 4 rings (SSSR count). The predicted octanol–water partition coefficient (Wildman–Crippen LogP) is 1.96. The van der Waals surface area contributed by atoms with Gasteiger partial charge in [0.25, 0.3) is 5.56 Å². The van der Waals surface area contributed by atoms with Crippen LogP contribution in [-0.2, 0) is 27.2 Å². The Kier molecular flexibility index (Phi) is 5.17. The Hall–Kier alpha value is -2.67. The highest BCUT2D eigenvalue weighted by Gasteiger charge is 2.25. The van der Waals surface area contributed by atoms with E-state index in [2.05, 4.69) is 18.7 Å². The van der Waals surface area contributed by atoms with Gasteiger partial charge in [-0.05, 0) is 23.8 Å². The van der Waals surface area contributed by atoms with E-state index < -0.39 is 0 Å². The van der Waals surface area contributed by atoms with E-state index in [0.29, 0.717) is 36.1 Å². The van der Waals surface area contributed by atoms with Crippen LogP contribution in [0.25, 0.3) is 11.2 Å². The smallest absolute Gasteiger partial charge is 0.317 e. The van der Waals surface area contributed by atoms with E-state index in [1.165, 1.54) is 22.6 Å². The van der Waals surface area contributed by atoms with Crippen molar-refractivity contribution in [2.75, 3.05) is 13.1 Å². The first-order valence-corrected chi connectivity index (χ1v) is 10.3. The van der Waals surface area contributed by atoms with Crippen LogP contribution in [0.15, 0.2) is 39.9 Å². The maximum Gasteiger partial charge on any atom is 0.332 e. The van der Waals surface area contributed by atoms with Crippen LogP contribution in [0.2, 0.25) is 0 Å². The van der Waals surface area contributed by atoms with Gasteiger partial charge in [-0.15, -0.1) is 0 Å². The number of benzene rings is 1. The first kappa shape index (κ1) is 19.6. The summed E-state index contributed by atoms with van der Waals surface area (Å²) in [6.45, 7) is 7.85. The normalized spacial score (nSPS) is 20.4. The molecule has 1 saturated heterocycles. The van der Waals surface area contributed by atoms with Gasteiger partial charge in [-0.1, -0.05) is 44.2 Å². The molecule has 0 saturated carbocycles. The summed E-state index contributed by atoms with van der Waals surface area (Å²) in [6.07, 6.45) is 1.24. The molecular weight excluding hydrogens is 366 g/mol. The van der Waals surface area contributed by atoms with Crippen molar-refractivity contribution >= 4 is 11.2 Å². The zero-order chi connectivity index (χ0) is 20.7. The molecule has 3 heterocycles. The van der Waals surface area contributed by atoms with Crippen molar-refractivity contribution < 1.29 is 0 Å². The highest BCUT2D eigenvalue weighted by atomic mass is 16.2. The third-order valence-electron chi connectivity index (χ3n) is 5.92. The molecule has 0 unspecified atom stereocenters. The van der Waals surface area contributed by atoms with Crippen molar-refractivity contribution in [3.05, 3.63) is 62.6 Å². The minimum atomic E-state index is -0.348. The average Bonchev–Trinajstić information content (AvgIpc) is 3.03. The third kappa shape index (κ3) is 3.67. The van der Waals surface area contributed by atoms with Crippen LogP contribution < -0.4 is 11.2 Å². The number of rotatable bonds is 4. The Morgan fingerprint density at radius 2 is 1.62 bits per heavy atom. The van der Waals surface area contributed by atoms with Crippen LogP contribution in [0.4, 0.5) is 0 Å². The first-order valence-electron chi connectivity index (χ1n) is 10.3. The first-order chi connectivity index (χ1) is 13.8. The maximum absolute atomic E-state index is 13.0. The van der Waals surface area contributed by atoms with Gasteiger partial charge in [0.15, 0.2) is 11.2 Å². The Morgan fingerprint density at radius 3 is 2.28 bits per heavy atom. The summed E-state index contributed by atoms with van der Waals surface area (Å²) in [5, 5.41) is 0. The molecule has 2 aromatic heterocycles. The number of imidazole rings is 1. The summed E-state index contributed by atoms with van der Waals surface area (Å²) in [7, 11) is 3.20. The molecule has 1 aliphatic heterocycles. The molecule has 154 valence electrons. The number of aryl methyl sites for hydroxylation is 1. The molecule has 0 radical (unpaired) electrons. The van der Waals surface area contributed by atoms with Crippen LogP contribution in [0, 0.1) is 11.8 Å². The lowest BCUT2D eigenvalue weighted by Gasteiger charge is -2.34. The second kappa shape index (κ2) is 7.63. The fourth-order valence-corrected chi connectivity index (χ4v) is 4.67. The lowest BCUT2D eigenvalue weighted by atomic mass is 9.92. The third-order valence-corrected chi connectivity index (χ3v) is 5.92. The van der Waals surface area contributed by atoms with Crippen molar-refractivity contribution in [3.8, 4) is 0 Å². The van der Waals surface area contributed by atoms with Crippen LogP contribution >= 0.6 is 0 Å². The predicted molar refractivity (Wildman–Crippen MR) is 114 cm³/mol. The quantitative estimate of drug-likeness (QED) is 0.677. The number of nitrogens with zero attached hydrogens (tertiary/aromatic N) is 5. The van der Waals surface area contributed by atoms with Gasteiger partial charge >= 0.3 is 5.69 Å². The summed E-state index contributed by atoms with van der Waals surface area (Å²) >= 11 is 0. The topological polar surface area (TPSA) is 65.1 Å². The van der Waals surface area contributed by atoms with E-state index >= 15 is 0 Å². The summed E-state index contributed by atoms with van der Waals surface area (Å²) in [6, 6.07) is 10.1. The molecule has 0 N–H and O–H groups in total. The number of hydrogen-bond acceptors (Lipinski definition) is 4. The van der Waals surface area contributed by atoms with E-state index in [1.54, 1.807) is 7.05 Å². The number of hydrogen-bond donors (Lipinski definition) is 0. The summed E-state index contributed by atoms with van der Waals surface area (Å²) < 4.78 is 4.64. The summed E-state index contributed by atoms with van der Waals surface area (Å²) in [4.78, 5) is 32.6. The minimum absolute atomic E-state index is 0.293. The van der Waals surface area contributed by atoms with E-state index in [1.807, 2.05) is 34.9 Å². The minimum Gasteiger partial charge on any atom is -0.317 e. The van der Waals surface area contributed by atoms with Crippen molar-refractivity contribution in [2.45, 2.75) is 33.4 Å². The number of piperidine rings is 1. The maximum atomic E-state index is 13.0. The van der Waals surface area contributed by atoms with Gasteiger partial charge in [0.05, 0.1) is 6.54 Å². The Labute approximate surface area is 170 Å². The molecule has 1 aromatic carbocycles. The van der Waals surface area contributed by atoms with Gasteiger partial charge in [0, 0.05) is 33.7 Å². The van der Waals surface area contributed by atoms with Crippen molar-refractivity contribution in [1.82, 2.24) is 23.6 Å². The van der Waals surface area contributed by atoms with Crippen LogP contribution in [-0.4, -0.2) is 36.7 Å². The van der Waals surface area contributed by atoms with Crippen LogP contribution in [0.1, 0.15) is 31.7 Å². The lowest BCUT2D eigenvalue weighted by Crippen LogP contribution is -2.39. The second-order valence-corrected chi connectivity index (χ2v) is 8.62. The fourth-order valence-electron chi connectivity index (χ4n) is 4.67. The molecule has 0 spiro atoms. The molecule has 29 heavy (non-hydrogen) atoms. The molecule has 7 heteroatoms. The Balaban J connectivity index is 1.85. The number of aromatic nitrogens is 4. The molecule has 0 aliphatic carbocycles. The molecule has 0 bridgehead atoms. The highest BCUT2D eigenvalue weighted by Crippen LogP contribution is 2.23. The van der Waals surface area contributed by atoms with Gasteiger partial charge in [-0.2, -0.15) is 0 Å². The van der Waals surface area contributed by atoms with Gasteiger partial charge in [0.1, 0.15) is 5.82 Å². The lowest BCUT2D eigenvalue weighted by molar-refractivity contribution is 0.130. The van der Waals surface area contributed by atoms with Crippen molar-refractivity contribution in [3.63, 3.8) is 0 Å². The monoisotopic (exact) mass is 395 g/mol. The van der Waals surface area contributed by atoms with Crippen LogP contribution in [0.5, 0.6) is 0 Å². The molecule has 7 nitrogen and oxygen atoms in total. The van der Waals surface area contributed by atoms with Gasteiger partial charge in [0.2, 0.25) is 0 Å². The Morgan fingerprint density at radius 1 is 0.966 bits per heavy atom. The molecule has 3 aromatic rings. The van der Waals surface area contributed by atoms with E-state index in [-0.39, 0.29) is 11.2 Å². The van der Waals surface area contributed by atoms with E-state index in [0.717, 1.165) is 24.5 Å². The van der Waals surface area contributed by atoms with Gasteiger partial charge in [-0.25, -0.2) is 9.78 Å². The molecule has 2 atom stereocenters. The summed E-state index contributed by atoms with van der Waals surface area (Å²) in [5.41, 5.74) is 1.41. The summed E-state index contributed by atoms with van der Waals surface area (Å²) in [5.74, 6) is 2.12. The number of likely N-dealkylation sites (tertiary alicyclic amines) is 1. The molecular formula is C22H29N5O2. The van der Waals surface area contributed by atoms with E-state index in [9.17, 15) is 9.59 Å². The van der Waals surface area contributed by atoms with Gasteiger partial charge < -0.3 is 4.57 Å². The Bertz CT molecular complexity index is 1130. The van der Waals surface area contributed by atoms with Crippen LogP contribution in [0.3, 0.4) is 0 Å². The SMILES string of the molecule is C[C@@H]1C[C@H](C)CN(Cc2nc3c(c(=O)n(C)c(=O)n3C)n2Cc2ccccc2)C1. The molecule has 1 fully saturated rings. The van der Waals surface area contributed by atoms with Crippen molar-refractivity contribution in [2.24, 2.45) is 25.9 Å². The average molecular weight is 396 g/mol. The highest BCUT2D eigenvalue weighted by molar-refractivity contribution is 5.71. The van der Waals surface area contributed by atoms with Crippen molar-refractivity contribution in [1.29, 1.82) is 0 Å².